The predicted molar refractivity (Wildman–Crippen MR) is 130 cm³/mol. The number of rotatable bonds is 8. The number of benzene rings is 3. The van der Waals surface area contributed by atoms with Crippen molar-refractivity contribution in [3.8, 4) is 11.1 Å². The summed E-state index contributed by atoms with van der Waals surface area (Å²) in [4.78, 5) is 20.7. The van der Waals surface area contributed by atoms with Crippen LogP contribution in [0.15, 0.2) is 78.9 Å². The number of aromatic nitrogens is 2. The monoisotopic (exact) mass is 457 g/mol. The van der Waals surface area contributed by atoms with Crippen LogP contribution in [0.2, 0.25) is 0 Å². The summed E-state index contributed by atoms with van der Waals surface area (Å²) in [5.41, 5.74) is 15.9. The maximum absolute atomic E-state index is 13.8. The Morgan fingerprint density at radius 3 is 2.32 bits per heavy atom. The highest BCUT2D eigenvalue weighted by molar-refractivity contribution is 5.92. The Bertz CT molecular complexity index is 1280. The van der Waals surface area contributed by atoms with Gasteiger partial charge in [-0.2, -0.15) is 4.98 Å². The fraction of sp³-hybridized carbons (Fsp3) is 0.115. The lowest BCUT2D eigenvalue weighted by atomic mass is 10.0. The van der Waals surface area contributed by atoms with Gasteiger partial charge in [-0.3, -0.25) is 4.79 Å². The van der Waals surface area contributed by atoms with Crippen molar-refractivity contribution in [1.29, 1.82) is 0 Å². The maximum atomic E-state index is 13.8. The number of ether oxygens (including phenoxy) is 1. The molecule has 8 heteroatoms. The molecule has 4 aromatic rings. The molecule has 1 amide bonds. The van der Waals surface area contributed by atoms with E-state index in [0.29, 0.717) is 29.1 Å². The van der Waals surface area contributed by atoms with Crippen molar-refractivity contribution in [3.05, 3.63) is 102 Å². The quantitative estimate of drug-likeness (QED) is 0.362. The maximum Gasteiger partial charge on any atom is 0.228 e. The van der Waals surface area contributed by atoms with Gasteiger partial charge in [0.15, 0.2) is 0 Å². The number of amides is 1. The van der Waals surface area contributed by atoms with Gasteiger partial charge in [0.1, 0.15) is 11.6 Å². The Hall–Kier alpha value is -4.30. The third kappa shape index (κ3) is 5.73. The van der Waals surface area contributed by atoms with Gasteiger partial charge in [0.05, 0.1) is 25.3 Å². The van der Waals surface area contributed by atoms with Crippen LogP contribution in [-0.4, -0.2) is 15.9 Å². The normalized spacial score (nSPS) is 10.7. The third-order valence-corrected chi connectivity index (χ3v) is 5.15. The Morgan fingerprint density at radius 1 is 0.882 bits per heavy atom. The van der Waals surface area contributed by atoms with Crippen molar-refractivity contribution >= 4 is 23.4 Å². The molecule has 172 valence electrons. The summed E-state index contributed by atoms with van der Waals surface area (Å²) in [6.45, 7) is 0.610. The highest BCUT2D eigenvalue weighted by atomic mass is 19.1. The van der Waals surface area contributed by atoms with Crippen molar-refractivity contribution in [2.75, 3.05) is 16.8 Å². The number of nitrogens with two attached hydrogens (primary N) is 2. The SMILES string of the molecule is Nc1nc(N)c(-c2ccc(NC(=O)Cc3ccccc3F)cc2)c(COCc2ccccc2)n1. The summed E-state index contributed by atoms with van der Waals surface area (Å²) in [6, 6.07) is 23.0. The molecule has 0 spiro atoms. The fourth-order valence-corrected chi connectivity index (χ4v) is 3.55. The molecule has 34 heavy (non-hydrogen) atoms. The molecular formula is C26H24FN5O2. The standard InChI is InChI=1S/C26H24FN5O2/c27-21-9-5-4-8-19(21)14-23(33)30-20-12-10-18(11-13-20)24-22(31-26(29)32-25(24)28)16-34-15-17-6-2-1-3-7-17/h1-13H,14-16H2,(H,30,33)(H4,28,29,31,32). The van der Waals surface area contributed by atoms with E-state index in [1.165, 1.54) is 6.07 Å². The molecule has 5 N–H and O–H groups in total. The minimum Gasteiger partial charge on any atom is -0.383 e. The zero-order chi connectivity index (χ0) is 23.9. The number of halogens is 1. The number of nitrogen functional groups attached to an aromatic ring is 2. The molecule has 7 nitrogen and oxygen atoms in total. The van der Waals surface area contributed by atoms with Crippen LogP contribution < -0.4 is 16.8 Å². The Kier molecular flexibility index (Phi) is 7.10. The zero-order valence-corrected chi connectivity index (χ0v) is 18.4. The van der Waals surface area contributed by atoms with Crippen LogP contribution in [0, 0.1) is 5.82 Å². The number of anilines is 3. The van der Waals surface area contributed by atoms with Crippen LogP contribution >= 0.6 is 0 Å². The number of carbonyl (C=O) groups excluding carboxylic acids is 1. The first-order valence-electron chi connectivity index (χ1n) is 10.7. The highest BCUT2D eigenvalue weighted by Gasteiger charge is 2.15. The van der Waals surface area contributed by atoms with Crippen LogP contribution in [0.1, 0.15) is 16.8 Å². The average Bonchev–Trinajstić information content (AvgIpc) is 2.82. The van der Waals surface area contributed by atoms with Crippen LogP contribution in [0.4, 0.5) is 21.8 Å². The topological polar surface area (TPSA) is 116 Å². The van der Waals surface area contributed by atoms with Crippen LogP contribution in [0.25, 0.3) is 11.1 Å². The summed E-state index contributed by atoms with van der Waals surface area (Å²) >= 11 is 0. The van der Waals surface area contributed by atoms with Crippen molar-refractivity contribution in [3.63, 3.8) is 0 Å². The lowest BCUT2D eigenvalue weighted by Crippen LogP contribution is -2.15. The van der Waals surface area contributed by atoms with Crippen molar-refractivity contribution in [2.24, 2.45) is 0 Å². The van der Waals surface area contributed by atoms with Crippen molar-refractivity contribution in [1.82, 2.24) is 9.97 Å². The number of nitrogens with zero attached hydrogens (tertiary/aromatic N) is 2. The number of nitrogens with one attached hydrogen (secondary N) is 1. The zero-order valence-electron chi connectivity index (χ0n) is 18.4. The van der Waals surface area contributed by atoms with Gasteiger partial charge in [-0.25, -0.2) is 9.37 Å². The molecule has 0 fully saturated rings. The minimum absolute atomic E-state index is 0.0594. The molecule has 0 aliphatic heterocycles. The molecule has 0 aliphatic rings. The largest absolute Gasteiger partial charge is 0.383 e. The molecule has 0 radical (unpaired) electrons. The van der Waals surface area contributed by atoms with E-state index < -0.39 is 5.82 Å². The molecule has 0 unspecified atom stereocenters. The molecular weight excluding hydrogens is 433 g/mol. The van der Waals surface area contributed by atoms with E-state index in [2.05, 4.69) is 15.3 Å². The first-order valence-corrected chi connectivity index (χ1v) is 10.7. The van der Waals surface area contributed by atoms with Gasteiger partial charge in [0, 0.05) is 11.3 Å². The molecule has 1 aromatic heterocycles. The number of hydrogen-bond donors (Lipinski definition) is 3. The predicted octanol–water partition coefficient (Wildman–Crippen LogP) is 4.35. The summed E-state index contributed by atoms with van der Waals surface area (Å²) in [5.74, 6) is -0.421. The number of hydrogen-bond acceptors (Lipinski definition) is 6. The molecule has 0 saturated heterocycles. The van der Waals surface area contributed by atoms with E-state index in [4.69, 9.17) is 16.2 Å². The average molecular weight is 458 g/mol. The van der Waals surface area contributed by atoms with E-state index in [9.17, 15) is 9.18 Å². The molecule has 3 aromatic carbocycles. The van der Waals surface area contributed by atoms with E-state index in [1.54, 1.807) is 42.5 Å². The molecule has 0 aliphatic carbocycles. The van der Waals surface area contributed by atoms with Gasteiger partial charge in [-0.15, -0.1) is 0 Å². The Labute approximate surface area is 196 Å². The van der Waals surface area contributed by atoms with Gasteiger partial charge in [0.2, 0.25) is 11.9 Å². The second-order valence-electron chi connectivity index (χ2n) is 7.66. The van der Waals surface area contributed by atoms with E-state index in [-0.39, 0.29) is 30.7 Å². The van der Waals surface area contributed by atoms with Gasteiger partial charge in [-0.05, 0) is 34.9 Å². The Morgan fingerprint density at radius 2 is 1.59 bits per heavy atom. The van der Waals surface area contributed by atoms with E-state index in [1.807, 2.05) is 30.3 Å². The highest BCUT2D eigenvalue weighted by Crippen LogP contribution is 2.30. The summed E-state index contributed by atoms with van der Waals surface area (Å²) in [7, 11) is 0. The third-order valence-electron chi connectivity index (χ3n) is 5.15. The van der Waals surface area contributed by atoms with Gasteiger partial charge < -0.3 is 21.5 Å². The second kappa shape index (κ2) is 10.5. The van der Waals surface area contributed by atoms with Crippen molar-refractivity contribution in [2.45, 2.75) is 19.6 Å². The van der Waals surface area contributed by atoms with Crippen molar-refractivity contribution < 1.29 is 13.9 Å². The summed E-state index contributed by atoms with van der Waals surface area (Å²) in [5, 5.41) is 2.77. The van der Waals surface area contributed by atoms with Gasteiger partial charge >= 0.3 is 0 Å². The lowest BCUT2D eigenvalue weighted by Gasteiger charge is -2.13. The van der Waals surface area contributed by atoms with Crippen LogP contribution in [0.3, 0.4) is 0 Å². The van der Waals surface area contributed by atoms with Crippen LogP contribution in [-0.2, 0) is 29.2 Å². The molecule has 0 atom stereocenters. The van der Waals surface area contributed by atoms with Crippen LogP contribution in [0.5, 0.6) is 0 Å². The lowest BCUT2D eigenvalue weighted by molar-refractivity contribution is -0.115. The minimum atomic E-state index is -0.408. The first-order chi connectivity index (χ1) is 16.5. The molecule has 0 saturated carbocycles. The molecule has 4 rings (SSSR count). The molecule has 0 bridgehead atoms. The summed E-state index contributed by atoms with van der Waals surface area (Å²) < 4.78 is 19.6. The summed E-state index contributed by atoms with van der Waals surface area (Å²) in [6.07, 6.45) is -0.0594. The van der Waals surface area contributed by atoms with E-state index >= 15 is 0 Å². The van der Waals surface area contributed by atoms with E-state index in [0.717, 1.165) is 11.1 Å². The smallest absolute Gasteiger partial charge is 0.228 e. The second-order valence-corrected chi connectivity index (χ2v) is 7.66. The fourth-order valence-electron chi connectivity index (χ4n) is 3.55. The first kappa shape index (κ1) is 22.9. The van der Waals surface area contributed by atoms with Gasteiger partial charge in [0.25, 0.3) is 0 Å². The number of carbonyl (C=O) groups is 1. The Balaban J connectivity index is 1.47. The molecule has 1 heterocycles. The van der Waals surface area contributed by atoms with Gasteiger partial charge in [-0.1, -0.05) is 60.7 Å².